The van der Waals surface area contributed by atoms with Crippen LogP contribution in [-0.4, -0.2) is 18.8 Å². The average Bonchev–Trinajstić information content (AvgIpc) is 2.62. The Labute approximate surface area is 145 Å². The fraction of sp³-hybridized carbons (Fsp3) is 0.429. The van der Waals surface area contributed by atoms with Crippen LogP contribution in [0.3, 0.4) is 0 Å². The summed E-state index contributed by atoms with van der Waals surface area (Å²) in [6.45, 7) is 2.88. The van der Waals surface area contributed by atoms with Gasteiger partial charge in [0.2, 0.25) is 0 Å². The molecule has 0 saturated carbocycles. The van der Waals surface area contributed by atoms with Crippen LogP contribution in [0.25, 0.3) is 0 Å². The number of aliphatic hydroxyl groups is 1. The number of benzene rings is 2. The molecule has 0 aromatic heterocycles. The predicted octanol–water partition coefficient (Wildman–Crippen LogP) is 4.54. The largest absolute Gasteiger partial charge is 0.496 e. The van der Waals surface area contributed by atoms with Crippen molar-refractivity contribution in [3.63, 3.8) is 0 Å². The molecule has 0 fully saturated rings. The van der Waals surface area contributed by atoms with Crippen molar-refractivity contribution < 1.29 is 14.6 Å². The Balaban J connectivity index is 1.90. The maximum absolute atomic E-state index is 9.06. The van der Waals surface area contributed by atoms with E-state index in [4.69, 9.17) is 14.6 Å². The molecule has 2 rings (SSSR count). The van der Waals surface area contributed by atoms with Gasteiger partial charge in [0.05, 0.1) is 7.11 Å². The third-order valence-electron chi connectivity index (χ3n) is 4.14. The zero-order valence-electron chi connectivity index (χ0n) is 14.8. The summed E-state index contributed by atoms with van der Waals surface area (Å²) in [4.78, 5) is 0. The quantitative estimate of drug-likeness (QED) is 0.651. The number of hydrogen-bond donors (Lipinski definition) is 1. The zero-order valence-corrected chi connectivity index (χ0v) is 14.8. The van der Waals surface area contributed by atoms with Crippen molar-refractivity contribution in [2.45, 2.75) is 45.6 Å². The van der Waals surface area contributed by atoms with Gasteiger partial charge in [0.25, 0.3) is 0 Å². The Hall–Kier alpha value is -2.00. The highest BCUT2D eigenvalue weighted by Gasteiger charge is 2.05. The monoisotopic (exact) mass is 328 g/mol. The number of aryl methyl sites for hydroxylation is 1. The highest BCUT2D eigenvalue weighted by molar-refractivity contribution is 5.41. The highest BCUT2D eigenvalue weighted by atomic mass is 16.5. The van der Waals surface area contributed by atoms with Gasteiger partial charge in [-0.25, -0.2) is 0 Å². The van der Waals surface area contributed by atoms with Gasteiger partial charge in [-0.05, 0) is 42.0 Å². The Bertz CT molecular complexity index is 605. The maximum Gasteiger partial charge on any atom is 0.125 e. The van der Waals surface area contributed by atoms with Gasteiger partial charge in [0, 0.05) is 12.7 Å². The van der Waals surface area contributed by atoms with Gasteiger partial charge in [-0.2, -0.15) is 0 Å². The Kier molecular flexibility index (Phi) is 7.63. The van der Waals surface area contributed by atoms with Crippen molar-refractivity contribution in [2.75, 3.05) is 13.7 Å². The van der Waals surface area contributed by atoms with E-state index in [1.54, 1.807) is 7.11 Å². The minimum absolute atomic E-state index is 0.112. The maximum atomic E-state index is 9.06. The van der Waals surface area contributed by atoms with Gasteiger partial charge in [0.1, 0.15) is 18.1 Å². The lowest BCUT2D eigenvalue weighted by Crippen LogP contribution is -1.99. The van der Waals surface area contributed by atoms with Gasteiger partial charge in [-0.3, -0.25) is 0 Å². The van der Waals surface area contributed by atoms with E-state index in [9.17, 15) is 0 Å². The summed E-state index contributed by atoms with van der Waals surface area (Å²) in [7, 11) is 1.64. The van der Waals surface area contributed by atoms with Crippen molar-refractivity contribution in [1.29, 1.82) is 0 Å². The number of unbranched alkanes of at least 4 members (excludes halogenated alkanes) is 2. The van der Waals surface area contributed by atoms with Crippen molar-refractivity contribution in [2.24, 2.45) is 0 Å². The smallest absolute Gasteiger partial charge is 0.125 e. The highest BCUT2D eigenvalue weighted by Crippen LogP contribution is 2.25. The van der Waals surface area contributed by atoms with Gasteiger partial charge < -0.3 is 14.6 Å². The van der Waals surface area contributed by atoms with E-state index in [0.717, 1.165) is 29.0 Å². The topological polar surface area (TPSA) is 38.7 Å². The molecule has 2 aromatic rings. The summed E-state index contributed by atoms with van der Waals surface area (Å²) in [6.07, 6.45) is 5.54. The van der Waals surface area contributed by atoms with Crippen LogP contribution < -0.4 is 9.47 Å². The van der Waals surface area contributed by atoms with Crippen LogP contribution in [0.1, 0.15) is 42.9 Å². The molecule has 3 heteroatoms. The predicted molar refractivity (Wildman–Crippen MR) is 97.8 cm³/mol. The van der Waals surface area contributed by atoms with E-state index in [1.165, 1.54) is 24.8 Å². The fourth-order valence-electron chi connectivity index (χ4n) is 2.69. The molecule has 0 unspecified atom stereocenters. The molecule has 0 aliphatic carbocycles. The molecule has 0 radical (unpaired) electrons. The van der Waals surface area contributed by atoms with E-state index in [0.29, 0.717) is 13.0 Å². The van der Waals surface area contributed by atoms with E-state index in [1.807, 2.05) is 18.2 Å². The van der Waals surface area contributed by atoms with Crippen molar-refractivity contribution in [3.8, 4) is 11.5 Å². The lowest BCUT2D eigenvalue weighted by molar-refractivity contribution is 0.293. The summed E-state index contributed by atoms with van der Waals surface area (Å²) in [5.41, 5.74) is 3.54. The molecule has 1 N–H and O–H groups in total. The molecule has 0 aliphatic rings. The molecule has 0 saturated heterocycles. The third-order valence-corrected chi connectivity index (χ3v) is 4.14. The van der Waals surface area contributed by atoms with Gasteiger partial charge >= 0.3 is 0 Å². The first kappa shape index (κ1) is 18.3. The van der Waals surface area contributed by atoms with E-state index in [-0.39, 0.29) is 6.61 Å². The fourth-order valence-corrected chi connectivity index (χ4v) is 2.69. The van der Waals surface area contributed by atoms with Crippen molar-refractivity contribution >= 4 is 0 Å². The van der Waals surface area contributed by atoms with Gasteiger partial charge in [0.15, 0.2) is 0 Å². The standard InChI is InChI=1S/C21H28O3/c1-3-4-5-6-17-7-9-18(10-8-17)16-24-20-12-11-19(13-14-22)21(15-20)23-2/h7-12,15,22H,3-6,13-14,16H2,1-2H3. The van der Waals surface area contributed by atoms with Crippen LogP contribution in [0, 0.1) is 0 Å². The van der Waals surface area contributed by atoms with Crippen LogP contribution in [0.5, 0.6) is 11.5 Å². The molecule has 0 aliphatic heterocycles. The van der Waals surface area contributed by atoms with Crippen molar-refractivity contribution in [3.05, 3.63) is 59.2 Å². The molecule has 2 aromatic carbocycles. The first-order valence-electron chi connectivity index (χ1n) is 8.75. The number of hydrogen-bond acceptors (Lipinski definition) is 3. The molecular formula is C21H28O3. The Morgan fingerprint density at radius 1 is 0.917 bits per heavy atom. The second-order valence-electron chi connectivity index (χ2n) is 6.01. The van der Waals surface area contributed by atoms with E-state index >= 15 is 0 Å². The van der Waals surface area contributed by atoms with E-state index < -0.39 is 0 Å². The zero-order chi connectivity index (χ0) is 17.2. The van der Waals surface area contributed by atoms with Crippen LogP contribution in [-0.2, 0) is 19.4 Å². The molecule has 24 heavy (non-hydrogen) atoms. The first-order chi connectivity index (χ1) is 11.8. The summed E-state index contributed by atoms with van der Waals surface area (Å²) in [5.74, 6) is 1.54. The van der Waals surface area contributed by atoms with Gasteiger partial charge in [-0.1, -0.05) is 50.1 Å². The lowest BCUT2D eigenvalue weighted by Gasteiger charge is -2.11. The lowest BCUT2D eigenvalue weighted by atomic mass is 10.1. The third kappa shape index (κ3) is 5.57. The van der Waals surface area contributed by atoms with Crippen LogP contribution >= 0.6 is 0 Å². The summed E-state index contributed by atoms with van der Waals surface area (Å²) < 4.78 is 11.2. The normalized spacial score (nSPS) is 10.6. The van der Waals surface area contributed by atoms with Crippen LogP contribution in [0.15, 0.2) is 42.5 Å². The second-order valence-corrected chi connectivity index (χ2v) is 6.01. The molecular weight excluding hydrogens is 300 g/mol. The van der Waals surface area contributed by atoms with Gasteiger partial charge in [-0.15, -0.1) is 0 Å². The molecule has 130 valence electrons. The van der Waals surface area contributed by atoms with Crippen molar-refractivity contribution in [1.82, 2.24) is 0 Å². The molecule has 0 spiro atoms. The minimum Gasteiger partial charge on any atom is -0.496 e. The second kappa shape index (κ2) is 9.99. The molecule has 0 heterocycles. The Morgan fingerprint density at radius 3 is 2.33 bits per heavy atom. The Morgan fingerprint density at radius 2 is 1.67 bits per heavy atom. The first-order valence-corrected chi connectivity index (χ1v) is 8.75. The van der Waals surface area contributed by atoms with E-state index in [2.05, 4.69) is 31.2 Å². The summed E-state index contributed by atoms with van der Waals surface area (Å²) in [6, 6.07) is 14.4. The number of ether oxygens (including phenoxy) is 2. The molecule has 0 bridgehead atoms. The molecule has 3 nitrogen and oxygen atoms in total. The minimum atomic E-state index is 0.112. The van der Waals surface area contributed by atoms with Crippen LogP contribution in [0.4, 0.5) is 0 Å². The molecule has 0 atom stereocenters. The SMILES string of the molecule is CCCCCc1ccc(COc2ccc(CCO)c(OC)c2)cc1. The summed E-state index contributed by atoms with van der Waals surface area (Å²) in [5, 5.41) is 9.06. The number of methoxy groups -OCH3 is 1. The summed E-state index contributed by atoms with van der Waals surface area (Å²) >= 11 is 0. The number of rotatable bonds is 10. The molecule has 0 amide bonds. The number of aliphatic hydroxyl groups excluding tert-OH is 1. The van der Waals surface area contributed by atoms with Crippen LogP contribution in [0.2, 0.25) is 0 Å². The average molecular weight is 328 g/mol.